The molecule has 16 heavy (non-hydrogen) atoms. The quantitative estimate of drug-likeness (QED) is 0.701. The van der Waals surface area contributed by atoms with Crippen molar-refractivity contribution in [1.29, 1.82) is 0 Å². The molecular weight excluding hydrogens is 224 g/mol. The van der Waals surface area contributed by atoms with Crippen LogP contribution in [0.5, 0.6) is 0 Å². The van der Waals surface area contributed by atoms with Gasteiger partial charge in [-0.3, -0.25) is 0 Å². The summed E-state index contributed by atoms with van der Waals surface area (Å²) in [7, 11) is 0. The molecular formula is C11H22N2O2S. The number of aliphatic hydroxyl groups is 1. The van der Waals surface area contributed by atoms with Gasteiger partial charge in [0.25, 0.3) is 0 Å². The number of thioether (sulfide) groups is 1. The van der Waals surface area contributed by atoms with Gasteiger partial charge >= 0.3 is 6.03 Å². The molecule has 1 fully saturated rings. The summed E-state index contributed by atoms with van der Waals surface area (Å²) in [6, 6.07) is 0.102. The van der Waals surface area contributed by atoms with Crippen molar-refractivity contribution in [1.82, 2.24) is 10.6 Å². The molecule has 0 unspecified atom stereocenters. The number of rotatable bonds is 4. The Hall–Kier alpha value is -0.420. The van der Waals surface area contributed by atoms with Crippen LogP contribution in [0.2, 0.25) is 0 Å². The van der Waals surface area contributed by atoms with Gasteiger partial charge in [0.2, 0.25) is 0 Å². The van der Waals surface area contributed by atoms with Crippen LogP contribution in [0.3, 0.4) is 0 Å². The first-order valence-corrected chi connectivity index (χ1v) is 7.01. The van der Waals surface area contributed by atoms with Crippen molar-refractivity contribution in [3.63, 3.8) is 0 Å². The van der Waals surface area contributed by atoms with Gasteiger partial charge < -0.3 is 15.7 Å². The Morgan fingerprint density at radius 1 is 1.50 bits per heavy atom. The van der Waals surface area contributed by atoms with Crippen molar-refractivity contribution in [2.45, 2.75) is 50.0 Å². The summed E-state index contributed by atoms with van der Waals surface area (Å²) in [5, 5.41) is 15.7. The van der Waals surface area contributed by atoms with Crippen LogP contribution in [0.4, 0.5) is 4.79 Å². The number of nitrogens with one attached hydrogen (secondary N) is 2. The number of hydrogen-bond acceptors (Lipinski definition) is 3. The predicted octanol–water partition coefficient (Wildman–Crippen LogP) is 1.34. The average molecular weight is 246 g/mol. The highest BCUT2D eigenvalue weighted by Gasteiger charge is 2.27. The zero-order valence-corrected chi connectivity index (χ0v) is 11.1. The summed E-state index contributed by atoms with van der Waals surface area (Å²) >= 11 is 1.81. The van der Waals surface area contributed by atoms with Crippen LogP contribution in [-0.2, 0) is 0 Å². The van der Waals surface area contributed by atoms with E-state index in [1.807, 2.05) is 11.8 Å². The lowest BCUT2D eigenvalue weighted by molar-refractivity contribution is 0.0818. The van der Waals surface area contributed by atoms with Crippen LogP contribution in [-0.4, -0.2) is 40.8 Å². The predicted molar refractivity (Wildman–Crippen MR) is 67.8 cm³/mol. The second-order valence-electron chi connectivity index (χ2n) is 4.95. The van der Waals surface area contributed by atoms with E-state index in [2.05, 4.69) is 16.9 Å². The average Bonchev–Trinajstić information content (AvgIpc) is 2.61. The molecule has 0 radical (unpaired) electrons. The molecule has 0 aromatic rings. The molecule has 2 atom stereocenters. The van der Waals surface area contributed by atoms with E-state index in [-0.39, 0.29) is 18.6 Å². The lowest BCUT2D eigenvalue weighted by Gasteiger charge is -2.22. The lowest BCUT2D eigenvalue weighted by atomic mass is 10.1. The third-order valence-corrected chi connectivity index (χ3v) is 3.92. The molecule has 3 N–H and O–H groups in total. The van der Waals surface area contributed by atoms with Crippen molar-refractivity contribution in [3.05, 3.63) is 0 Å². The number of urea groups is 1. The van der Waals surface area contributed by atoms with E-state index in [0.717, 1.165) is 6.42 Å². The fourth-order valence-corrected chi connectivity index (χ4v) is 2.82. The number of hydrogen-bond donors (Lipinski definition) is 3. The fourth-order valence-electron chi connectivity index (χ4n) is 1.89. The third kappa shape index (κ3) is 4.61. The van der Waals surface area contributed by atoms with E-state index in [1.54, 1.807) is 13.8 Å². The minimum Gasteiger partial charge on any atom is -0.389 e. The van der Waals surface area contributed by atoms with E-state index < -0.39 is 5.60 Å². The minimum atomic E-state index is -0.855. The fraction of sp³-hybridized carbons (Fsp3) is 0.909. The van der Waals surface area contributed by atoms with Gasteiger partial charge in [-0.15, -0.1) is 0 Å². The molecule has 0 bridgehead atoms. The molecule has 1 aliphatic carbocycles. The molecule has 1 saturated carbocycles. The van der Waals surface area contributed by atoms with Crippen LogP contribution in [0.1, 0.15) is 33.1 Å². The number of amides is 2. The maximum absolute atomic E-state index is 11.6. The van der Waals surface area contributed by atoms with Crippen molar-refractivity contribution < 1.29 is 9.90 Å². The SMILES string of the molecule is CS[C@H]1CCC[C@H]1NC(=O)NCC(C)(C)O. The molecule has 94 valence electrons. The van der Waals surface area contributed by atoms with E-state index in [4.69, 9.17) is 0 Å². The van der Waals surface area contributed by atoms with E-state index in [9.17, 15) is 9.90 Å². The van der Waals surface area contributed by atoms with Crippen molar-refractivity contribution in [2.24, 2.45) is 0 Å². The molecule has 0 aromatic carbocycles. The Labute approximate surface area is 102 Å². The summed E-state index contributed by atoms with van der Waals surface area (Å²) in [4.78, 5) is 11.6. The van der Waals surface area contributed by atoms with Gasteiger partial charge in [-0.25, -0.2) is 4.79 Å². The smallest absolute Gasteiger partial charge is 0.315 e. The summed E-state index contributed by atoms with van der Waals surface area (Å²) < 4.78 is 0. The molecule has 1 rings (SSSR count). The second-order valence-corrected chi connectivity index (χ2v) is 6.03. The van der Waals surface area contributed by atoms with E-state index >= 15 is 0 Å². The molecule has 0 aliphatic heterocycles. The maximum Gasteiger partial charge on any atom is 0.315 e. The molecule has 0 spiro atoms. The first-order valence-electron chi connectivity index (χ1n) is 5.72. The topological polar surface area (TPSA) is 61.4 Å². The Morgan fingerprint density at radius 2 is 2.19 bits per heavy atom. The molecule has 5 heteroatoms. The van der Waals surface area contributed by atoms with E-state index in [0.29, 0.717) is 5.25 Å². The van der Waals surface area contributed by atoms with Crippen LogP contribution in [0, 0.1) is 0 Å². The highest BCUT2D eigenvalue weighted by molar-refractivity contribution is 7.99. The standard InChI is InChI=1S/C11H22N2O2S/c1-11(2,15)7-12-10(14)13-8-5-4-6-9(8)16-3/h8-9,15H,4-7H2,1-3H3,(H2,12,13,14)/t8-,9+/m1/s1. The molecule has 0 saturated heterocycles. The minimum absolute atomic E-state index is 0.173. The maximum atomic E-state index is 11.6. The normalized spacial score (nSPS) is 25.5. The Bertz CT molecular complexity index is 241. The highest BCUT2D eigenvalue weighted by Crippen LogP contribution is 2.28. The van der Waals surface area contributed by atoms with Gasteiger partial charge in [0, 0.05) is 17.8 Å². The lowest BCUT2D eigenvalue weighted by Crippen LogP contribution is -2.48. The van der Waals surface area contributed by atoms with Gasteiger partial charge in [0.15, 0.2) is 0 Å². The van der Waals surface area contributed by atoms with Gasteiger partial charge in [-0.1, -0.05) is 6.42 Å². The van der Waals surface area contributed by atoms with Crippen molar-refractivity contribution in [2.75, 3.05) is 12.8 Å². The summed E-state index contributed by atoms with van der Waals surface area (Å²) in [6.45, 7) is 3.62. The van der Waals surface area contributed by atoms with Crippen molar-refractivity contribution in [3.8, 4) is 0 Å². The van der Waals surface area contributed by atoms with Crippen molar-refractivity contribution >= 4 is 17.8 Å². The third-order valence-electron chi connectivity index (χ3n) is 2.75. The number of carbonyl (C=O) groups excluding carboxylic acids is 1. The monoisotopic (exact) mass is 246 g/mol. The second kappa shape index (κ2) is 5.77. The summed E-state index contributed by atoms with van der Waals surface area (Å²) in [5.41, 5.74) is -0.855. The van der Waals surface area contributed by atoms with E-state index in [1.165, 1.54) is 12.8 Å². The first kappa shape index (κ1) is 13.6. The van der Waals surface area contributed by atoms with Gasteiger partial charge in [-0.05, 0) is 32.9 Å². The zero-order valence-electron chi connectivity index (χ0n) is 10.2. The summed E-state index contributed by atoms with van der Waals surface area (Å²) in [5.74, 6) is 0. The van der Waals surface area contributed by atoms with Crippen LogP contribution in [0.15, 0.2) is 0 Å². The number of carbonyl (C=O) groups is 1. The molecule has 0 heterocycles. The Balaban J connectivity index is 2.28. The van der Waals surface area contributed by atoms with Gasteiger partial charge in [0.05, 0.1) is 5.60 Å². The Kier molecular flexibility index (Phi) is 4.92. The van der Waals surface area contributed by atoms with Gasteiger partial charge in [-0.2, -0.15) is 11.8 Å². The van der Waals surface area contributed by atoms with Crippen LogP contribution < -0.4 is 10.6 Å². The molecule has 2 amide bonds. The van der Waals surface area contributed by atoms with Gasteiger partial charge in [0.1, 0.15) is 0 Å². The molecule has 4 nitrogen and oxygen atoms in total. The zero-order chi connectivity index (χ0) is 12.2. The Morgan fingerprint density at radius 3 is 2.75 bits per heavy atom. The first-order chi connectivity index (χ1) is 7.42. The summed E-state index contributed by atoms with van der Waals surface area (Å²) in [6.07, 6.45) is 5.50. The van der Waals surface area contributed by atoms with Crippen LogP contribution in [0.25, 0.3) is 0 Å². The molecule has 1 aliphatic rings. The molecule has 0 aromatic heterocycles. The van der Waals surface area contributed by atoms with Crippen LogP contribution >= 0.6 is 11.8 Å². The highest BCUT2D eigenvalue weighted by atomic mass is 32.2. The largest absolute Gasteiger partial charge is 0.389 e.